The van der Waals surface area contributed by atoms with Crippen molar-refractivity contribution in [3.05, 3.63) is 35.9 Å². The monoisotopic (exact) mass is 788 g/mol. The first-order chi connectivity index (χ1) is 26.2. The number of primary amides is 1. The van der Waals surface area contributed by atoms with Crippen molar-refractivity contribution in [2.24, 2.45) is 23.5 Å². The molecule has 2 unspecified atom stereocenters. The number of likely N-dealkylation sites (N-methyl/N-ethyl adjacent to an activating group) is 1. The summed E-state index contributed by atoms with van der Waals surface area (Å²) in [7, 11) is 2.47. The Bertz CT molecular complexity index is 1550. The predicted molar refractivity (Wildman–Crippen MR) is 204 cm³/mol. The topological polar surface area (TPSA) is 244 Å². The highest BCUT2D eigenvalue weighted by Gasteiger charge is 2.41. The first-order valence-electron chi connectivity index (χ1n) is 19.0. The fraction of sp³-hybridized carbons (Fsp3) is 0.641. The number of ether oxygens (including phenoxy) is 2. The van der Waals surface area contributed by atoms with Crippen molar-refractivity contribution >= 4 is 47.4 Å². The lowest BCUT2D eigenvalue weighted by atomic mass is 9.97. The molecular weight excluding hydrogens is 728 g/mol. The summed E-state index contributed by atoms with van der Waals surface area (Å²) in [6.07, 6.45) is -2.08. The highest BCUT2D eigenvalue weighted by molar-refractivity contribution is 5.98. The van der Waals surface area contributed by atoms with Crippen LogP contribution in [0.15, 0.2) is 30.3 Å². The zero-order valence-electron chi connectivity index (χ0n) is 33.9. The van der Waals surface area contributed by atoms with Crippen LogP contribution in [0.4, 0.5) is 0 Å². The third-order valence-electron chi connectivity index (χ3n) is 9.93. The van der Waals surface area contributed by atoms with Gasteiger partial charge in [-0.15, -0.1) is 0 Å². The number of likely N-dealkylation sites (tertiary alicyclic amines) is 1. The normalized spacial score (nSPS) is 17.7. The summed E-state index contributed by atoms with van der Waals surface area (Å²) in [4.78, 5) is 108. The van der Waals surface area contributed by atoms with Gasteiger partial charge in [-0.05, 0) is 43.1 Å². The molecule has 0 spiro atoms. The van der Waals surface area contributed by atoms with Gasteiger partial charge in [-0.25, -0.2) is 9.59 Å². The molecule has 8 atom stereocenters. The lowest BCUT2D eigenvalue weighted by molar-refractivity contribution is -0.172. The standard InChI is InChI=1S/C39H60N6O11/c1-10-23(6)30(43-34(49)28(20-29(40)46)44(8)37(52)32(22(4)5)56-39(54)31(47)21(2)3)35(50)41-24(7)33(48)42-26(19-25-15-12-11-13-16-25)36(51)45-18-14-17-27(45)38(53)55-9/h11-13,15-16,21-24,26-28,30-32,47H,10,14,17-20H2,1-9H3,(H2,40,46)(H,41,50)(H,42,48)(H,43,49)/t23-,24-,26-,27-,28-,30-,31?,32?/m0/s1. The number of nitrogens with one attached hydrogen (secondary N) is 3. The van der Waals surface area contributed by atoms with E-state index in [2.05, 4.69) is 16.0 Å². The van der Waals surface area contributed by atoms with Crippen LogP contribution in [0.3, 0.4) is 0 Å². The van der Waals surface area contributed by atoms with E-state index in [1.54, 1.807) is 65.8 Å². The number of benzene rings is 1. The molecule has 1 saturated heterocycles. The molecule has 56 heavy (non-hydrogen) atoms. The van der Waals surface area contributed by atoms with Crippen LogP contribution in [0.25, 0.3) is 0 Å². The Balaban J connectivity index is 2.29. The number of nitrogens with two attached hydrogens (primary N) is 1. The predicted octanol–water partition coefficient (Wildman–Crippen LogP) is 0.201. The lowest BCUT2D eigenvalue weighted by Gasteiger charge is -2.33. The van der Waals surface area contributed by atoms with E-state index in [0.29, 0.717) is 25.8 Å². The van der Waals surface area contributed by atoms with Crippen LogP contribution in [0, 0.1) is 17.8 Å². The number of aliphatic hydroxyl groups is 1. The summed E-state index contributed by atoms with van der Waals surface area (Å²) in [5.74, 6) is -7.81. The van der Waals surface area contributed by atoms with Gasteiger partial charge in [0.2, 0.25) is 29.5 Å². The average Bonchev–Trinajstić information content (AvgIpc) is 3.66. The Kier molecular flexibility index (Phi) is 18.4. The number of hydrogen-bond acceptors (Lipinski definition) is 11. The van der Waals surface area contributed by atoms with Crippen LogP contribution in [0.1, 0.15) is 79.7 Å². The van der Waals surface area contributed by atoms with Crippen molar-refractivity contribution in [1.29, 1.82) is 0 Å². The number of hydrogen-bond donors (Lipinski definition) is 5. The average molecular weight is 789 g/mol. The maximum absolute atomic E-state index is 13.8. The lowest BCUT2D eigenvalue weighted by Crippen LogP contribution is -2.60. The van der Waals surface area contributed by atoms with Gasteiger partial charge in [0.1, 0.15) is 30.2 Å². The minimum absolute atomic E-state index is 0.102. The molecule has 312 valence electrons. The number of esters is 2. The second-order valence-electron chi connectivity index (χ2n) is 15.0. The minimum atomic E-state index is -1.53. The van der Waals surface area contributed by atoms with Gasteiger partial charge in [0.05, 0.1) is 13.5 Å². The molecule has 0 aliphatic carbocycles. The molecule has 1 aliphatic heterocycles. The zero-order chi connectivity index (χ0) is 42.4. The molecule has 1 fully saturated rings. The summed E-state index contributed by atoms with van der Waals surface area (Å²) in [5, 5.41) is 18.1. The van der Waals surface area contributed by atoms with Gasteiger partial charge in [-0.2, -0.15) is 0 Å². The number of methoxy groups -OCH3 is 1. The van der Waals surface area contributed by atoms with E-state index in [-0.39, 0.29) is 6.42 Å². The van der Waals surface area contributed by atoms with Gasteiger partial charge in [0.25, 0.3) is 5.91 Å². The molecule has 2 rings (SSSR count). The van der Waals surface area contributed by atoms with Crippen LogP contribution in [-0.2, 0) is 54.3 Å². The van der Waals surface area contributed by atoms with Crippen molar-refractivity contribution < 1.29 is 52.9 Å². The Morgan fingerprint density at radius 3 is 2.07 bits per heavy atom. The first kappa shape index (κ1) is 47.1. The maximum Gasteiger partial charge on any atom is 0.336 e. The molecule has 1 aromatic carbocycles. The van der Waals surface area contributed by atoms with Crippen molar-refractivity contribution in [3.8, 4) is 0 Å². The SMILES string of the molecule is CC[C@H](C)[C@H](NC(=O)[C@H](CC(N)=O)N(C)C(=O)C(OC(=O)C(O)C(C)C)C(C)C)C(=O)N[C@@H](C)C(=O)N[C@@H](Cc1ccccc1)C(=O)N1CCC[C@H]1C(=O)OC. The molecule has 17 heteroatoms. The second kappa shape index (κ2) is 21.9. The molecule has 1 aromatic rings. The van der Waals surface area contributed by atoms with Crippen LogP contribution >= 0.6 is 0 Å². The van der Waals surface area contributed by atoms with E-state index in [4.69, 9.17) is 15.2 Å². The van der Waals surface area contributed by atoms with E-state index in [9.17, 15) is 43.5 Å². The summed E-state index contributed by atoms with van der Waals surface area (Å²) >= 11 is 0. The number of rotatable bonds is 20. The molecule has 0 saturated carbocycles. The number of aliphatic hydroxyl groups excluding tert-OH is 1. The summed E-state index contributed by atoms with van der Waals surface area (Å²) in [6, 6.07) is 3.09. The summed E-state index contributed by atoms with van der Waals surface area (Å²) in [5.41, 5.74) is 6.21. The van der Waals surface area contributed by atoms with Gasteiger partial charge in [0.15, 0.2) is 12.2 Å². The van der Waals surface area contributed by atoms with Gasteiger partial charge in [-0.1, -0.05) is 78.3 Å². The molecular formula is C39H60N6O11. The van der Waals surface area contributed by atoms with Gasteiger partial charge < -0.3 is 46.1 Å². The number of amides is 6. The van der Waals surface area contributed by atoms with E-state index in [0.717, 1.165) is 10.5 Å². The van der Waals surface area contributed by atoms with Crippen LogP contribution in [0.2, 0.25) is 0 Å². The molecule has 0 bridgehead atoms. The second-order valence-corrected chi connectivity index (χ2v) is 15.0. The third-order valence-corrected chi connectivity index (χ3v) is 9.93. The molecule has 0 aromatic heterocycles. The largest absolute Gasteiger partial charge is 0.467 e. The number of nitrogens with zero attached hydrogens (tertiary/aromatic N) is 2. The molecule has 6 amide bonds. The van der Waals surface area contributed by atoms with E-state index in [1.165, 1.54) is 26.0 Å². The van der Waals surface area contributed by atoms with Gasteiger partial charge in [-0.3, -0.25) is 28.8 Å². The molecule has 0 radical (unpaired) electrons. The number of carbonyl (C=O) groups is 8. The Morgan fingerprint density at radius 1 is 0.911 bits per heavy atom. The highest BCUT2D eigenvalue weighted by Crippen LogP contribution is 2.21. The van der Waals surface area contributed by atoms with Gasteiger partial charge in [0, 0.05) is 20.0 Å². The third kappa shape index (κ3) is 13.0. The number of carbonyl (C=O) groups excluding carboxylic acids is 8. The zero-order valence-corrected chi connectivity index (χ0v) is 33.9. The Morgan fingerprint density at radius 2 is 1.54 bits per heavy atom. The maximum atomic E-state index is 13.8. The van der Waals surface area contributed by atoms with Crippen LogP contribution < -0.4 is 21.7 Å². The van der Waals surface area contributed by atoms with E-state index in [1.807, 2.05) is 6.07 Å². The Hall–Kier alpha value is -5.06. The smallest absolute Gasteiger partial charge is 0.336 e. The molecule has 17 nitrogen and oxygen atoms in total. The van der Waals surface area contributed by atoms with Crippen molar-refractivity contribution in [3.63, 3.8) is 0 Å². The highest BCUT2D eigenvalue weighted by atomic mass is 16.6. The van der Waals surface area contributed by atoms with E-state index < -0.39 is 114 Å². The fourth-order valence-electron chi connectivity index (χ4n) is 6.17. The van der Waals surface area contributed by atoms with Gasteiger partial charge >= 0.3 is 11.9 Å². The van der Waals surface area contributed by atoms with Crippen molar-refractivity contribution in [1.82, 2.24) is 25.8 Å². The summed E-state index contributed by atoms with van der Waals surface area (Å²) in [6.45, 7) is 11.5. The molecule has 1 aliphatic rings. The minimum Gasteiger partial charge on any atom is -0.467 e. The Labute approximate surface area is 328 Å². The van der Waals surface area contributed by atoms with Crippen molar-refractivity contribution in [2.75, 3.05) is 20.7 Å². The first-order valence-corrected chi connectivity index (χ1v) is 19.0. The van der Waals surface area contributed by atoms with Crippen LogP contribution in [-0.4, -0.2) is 125 Å². The fourth-order valence-corrected chi connectivity index (χ4v) is 6.17. The van der Waals surface area contributed by atoms with E-state index >= 15 is 0 Å². The quantitative estimate of drug-likeness (QED) is 0.112. The molecule has 6 N–H and O–H groups in total. The van der Waals surface area contributed by atoms with Crippen molar-refractivity contribution in [2.45, 2.75) is 123 Å². The van der Waals surface area contributed by atoms with Crippen LogP contribution in [0.5, 0.6) is 0 Å². The molecule has 1 heterocycles. The summed E-state index contributed by atoms with van der Waals surface area (Å²) < 4.78 is 10.2.